The normalized spacial score (nSPS) is 16.7. The number of nitrogens with zero attached hydrogens (tertiary/aromatic N) is 2. The van der Waals surface area contributed by atoms with Crippen molar-refractivity contribution < 1.29 is 9.53 Å². The van der Waals surface area contributed by atoms with Gasteiger partial charge in [0.1, 0.15) is 11.4 Å². The average Bonchev–Trinajstić information content (AvgIpc) is 2.38. The number of halogens is 1. The molecule has 0 spiro atoms. The van der Waals surface area contributed by atoms with Crippen LogP contribution in [0.3, 0.4) is 0 Å². The van der Waals surface area contributed by atoms with Crippen LogP contribution in [-0.2, 0) is 4.74 Å². The van der Waals surface area contributed by atoms with E-state index >= 15 is 0 Å². The fourth-order valence-electron chi connectivity index (χ4n) is 2.28. The molecule has 2 rings (SSSR count). The summed E-state index contributed by atoms with van der Waals surface area (Å²) in [6.45, 7) is 7.41. The highest BCUT2D eigenvalue weighted by Crippen LogP contribution is 2.19. The Kier molecular flexibility index (Phi) is 5.29. The number of pyridine rings is 1. The summed E-state index contributed by atoms with van der Waals surface area (Å²) in [5.41, 5.74) is -0.449. The Morgan fingerprint density at radius 1 is 1.38 bits per heavy atom. The number of ether oxygens (including phenoxy) is 1. The van der Waals surface area contributed by atoms with Crippen LogP contribution in [0.4, 0.5) is 10.6 Å². The molecule has 1 saturated heterocycles. The molecule has 0 radical (unpaired) electrons. The van der Waals surface area contributed by atoms with Crippen LogP contribution in [0.2, 0.25) is 0 Å². The SMILES string of the molecule is CC(C)(C)OC(=O)NC1CCN(c2ccc(I)cn2)CC1. The Bertz CT molecular complexity index is 477. The van der Waals surface area contributed by atoms with Crippen molar-refractivity contribution in [3.05, 3.63) is 21.9 Å². The molecule has 0 aliphatic carbocycles. The maximum atomic E-state index is 11.8. The van der Waals surface area contributed by atoms with Crippen molar-refractivity contribution in [3.63, 3.8) is 0 Å². The monoisotopic (exact) mass is 403 g/mol. The van der Waals surface area contributed by atoms with Crippen LogP contribution in [0, 0.1) is 3.57 Å². The second kappa shape index (κ2) is 6.81. The van der Waals surface area contributed by atoms with Crippen LogP contribution in [0.15, 0.2) is 18.3 Å². The van der Waals surface area contributed by atoms with Gasteiger partial charge in [-0.2, -0.15) is 0 Å². The Morgan fingerprint density at radius 2 is 2.05 bits per heavy atom. The number of hydrogen-bond donors (Lipinski definition) is 1. The van der Waals surface area contributed by atoms with Gasteiger partial charge in [0.15, 0.2) is 0 Å². The Hall–Kier alpha value is -1.05. The third-order valence-electron chi connectivity index (χ3n) is 3.25. The van der Waals surface area contributed by atoms with Crippen LogP contribution >= 0.6 is 22.6 Å². The molecule has 1 fully saturated rings. The van der Waals surface area contributed by atoms with E-state index in [4.69, 9.17) is 4.74 Å². The number of alkyl carbamates (subject to hydrolysis) is 1. The van der Waals surface area contributed by atoms with Crippen molar-refractivity contribution in [1.29, 1.82) is 0 Å². The van der Waals surface area contributed by atoms with Gasteiger partial charge in [0.25, 0.3) is 0 Å². The molecular formula is C15H22IN3O2. The van der Waals surface area contributed by atoms with E-state index in [-0.39, 0.29) is 12.1 Å². The number of anilines is 1. The van der Waals surface area contributed by atoms with Gasteiger partial charge in [-0.05, 0) is 68.3 Å². The fraction of sp³-hybridized carbons (Fsp3) is 0.600. The Morgan fingerprint density at radius 3 is 2.57 bits per heavy atom. The largest absolute Gasteiger partial charge is 0.444 e. The van der Waals surface area contributed by atoms with Gasteiger partial charge < -0.3 is 15.0 Å². The molecule has 2 heterocycles. The highest BCUT2D eigenvalue weighted by molar-refractivity contribution is 14.1. The van der Waals surface area contributed by atoms with Gasteiger partial charge in [0.05, 0.1) is 0 Å². The summed E-state index contributed by atoms with van der Waals surface area (Å²) in [7, 11) is 0. The molecule has 1 aromatic rings. The van der Waals surface area contributed by atoms with Crippen molar-refractivity contribution in [2.45, 2.75) is 45.3 Å². The number of carbonyl (C=O) groups is 1. The summed E-state index contributed by atoms with van der Waals surface area (Å²) in [5, 5.41) is 2.95. The molecule has 5 nitrogen and oxygen atoms in total. The van der Waals surface area contributed by atoms with Crippen LogP contribution < -0.4 is 10.2 Å². The Labute approximate surface area is 139 Å². The quantitative estimate of drug-likeness (QED) is 0.771. The molecule has 21 heavy (non-hydrogen) atoms. The Balaban J connectivity index is 1.80. The van der Waals surface area contributed by atoms with E-state index in [1.807, 2.05) is 33.0 Å². The lowest BCUT2D eigenvalue weighted by Crippen LogP contribution is -2.46. The summed E-state index contributed by atoms with van der Waals surface area (Å²) >= 11 is 2.25. The van der Waals surface area contributed by atoms with Crippen molar-refractivity contribution in [3.8, 4) is 0 Å². The van der Waals surface area contributed by atoms with Gasteiger partial charge >= 0.3 is 6.09 Å². The number of carbonyl (C=O) groups excluding carboxylic acids is 1. The van der Waals surface area contributed by atoms with E-state index in [0.717, 1.165) is 35.3 Å². The van der Waals surface area contributed by atoms with Crippen LogP contribution in [0.5, 0.6) is 0 Å². The number of aromatic nitrogens is 1. The molecule has 1 N–H and O–H groups in total. The van der Waals surface area contributed by atoms with E-state index in [1.165, 1.54) is 0 Å². The number of piperidine rings is 1. The minimum absolute atomic E-state index is 0.181. The third kappa shape index (κ3) is 5.33. The summed E-state index contributed by atoms with van der Waals surface area (Å²) in [5.74, 6) is 1.01. The molecule has 1 aromatic heterocycles. The highest BCUT2D eigenvalue weighted by Gasteiger charge is 2.24. The van der Waals surface area contributed by atoms with Crippen molar-refractivity contribution in [2.24, 2.45) is 0 Å². The molecule has 0 unspecified atom stereocenters. The standard InChI is InChI=1S/C15H22IN3O2/c1-15(2,3)21-14(20)18-12-6-8-19(9-7-12)13-5-4-11(16)10-17-13/h4-5,10,12H,6-9H2,1-3H3,(H,18,20). The van der Waals surface area contributed by atoms with Gasteiger partial charge in [-0.3, -0.25) is 0 Å². The van der Waals surface area contributed by atoms with E-state index in [0.29, 0.717) is 0 Å². The first-order chi connectivity index (χ1) is 9.83. The van der Waals surface area contributed by atoms with E-state index in [2.05, 4.69) is 43.9 Å². The summed E-state index contributed by atoms with van der Waals surface area (Å²) in [4.78, 5) is 18.5. The summed E-state index contributed by atoms with van der Waals surface area (Å²) < 4.78 is 6.43. The molecule has 6 heteroatoms. The zero-order valence-corrected chi connectivity index (χ0v) is 14.9. The van der Waals surface area contributed by atoms with Gasteiger partial charge in [-0.15, -0.1) is 0 Å². The lowest BCUT2D eigenvalue weighted by atomic mass is 10.1. The third-order valence-corrected chi connectivity index (χ3v) is 3.89. The lowest BCUT2D eigenvalue weighted by molar-refractivity contribution is 0.0497. The van der Waals surface area contributed by atoms with Gasteiger partial charge in [0, 0.05) is 28.9 Å². The maximum Gasteiger partial charge on any atom is 0.407 e. The van der Waals surface area contributed by atoms with Gasteiger partial charge in [-0.25, -0.2) is 9.78 Å². The maximum absolute atomic E-state index is 11.8. The zero-order valence-electron chi connectivity index (χ0n) is 12.7. The smallest absolute Gasteiger partial charge is 0.407 e. The predicted molar refractivity (Wildman–Crippen MR) is 91.6 cm³/mol. The highest BCUT2D eigenvalue weighted by atomic mass is 127. The number of amides is 1. The van der Waals surface area contributed by atoms with Crippen molar-refractivity contribution in [2.75, 3.05) is 18.0 Å². The molecular weight excluding hydrogens is 381 g/mol. The number of nitrogens with one attached hydrogen (secondary N) is 1. The molecule has 0 atom stereocenters. The van der Waals surface area contributed by atoms with Gasteiger partial charge in [-0.1, -0.05) is 0 Å². The second-order valence-electron chi connectivity index (χ2n) is 6.24. The molecule has 1 aliphatic rings. The molecule has 116 valence electrons. The number of rotatable bonds is 2. The molecule has 1 amide bonds. The van der Waals surface area contributed by atoms with Gasteiger partial charge in [0.2, 0.25) is 0 Å². The van der Waals surface area contributed by atoms with E-state index in [1.54, 1.807) is 0 Å². The first kappa shape index (κ1) is 16.3. The average molecular weight is 403 g/mol. The number of hydrogen-bond acceptors (Lipinski definition) is 4. The van der Waals surface area contributed by atoms with Crippen LogP contribution in [-0.4, -0.2) is 35.8 Å². The van der Waals surface area contributed by atoms with Crippen LogP contribution in [0.25, 0.3) is 0 Å². The molecule has 0 aromatic carbocycles. The summed E-state index contributed by atoms with van der Waals surface area (Å²) in [6.07, 6.45) is 3.37. The van der Waals surface area contributed by atoms with Crippen molar-refractivity contribution >= 4 is 34.5 Å². The zero-order chi connectivity index (χ0) is 15.5. The van der Waals surface area contributed by atoms with E-state index in [9.17, 15) is 4.79 Å². The lowest BCUT2D eigenvalue weighted by Gasteiger charge is -2.33. The first-order valence-corrected chi connectivity index (χ1v) is 8.27. The topological polar surface area (TPSA) is 54.5 Å². The summed E-state index contributed by atoms with van der Waals surface area (Å²) in [6, 6.07) is 4.29. The predicted octanol–water partition coefficient (Wildman–Crippen LogP) is 3.18. The van der Waals surface area contributed by atoms with Crippen LogP contribution in [0.1, 0.15) is 33.6 Å². The molecule has 0 bridgehead atoms. The molecule has 1 aliphatic heterocycles. The molecule has 0 saturated carbocycles. The second-order valence-corrected chi connectivity index (χ2v) is 7.49. The minimum Gasteiger partial charge on any atom is -0.444 e. The first-order valence-electron chi connectivity index (χ1n) is 7.19. The minimum atomic E-state index is -0.449. The van der Waals surface area contributed by atoms with E-state index < -0.39 is 5.60 Å². The van der Waals surface area contributed by atoms with Crippen molar-refractivity contribution in [1.82, 2.24) is 10.3 Å². The fourth-order valence-corrected chi connectivity index (χ4v) is 2.60.